The molecule has 1 aromatic carbocycles. The largest absolute Gasteiger partial charge is 0.487 e. The van der Waals surface area contributed by atoms with Crippen molar-refractivity contribution in [3.05, 3.63) is 17.7 Å². The molecule has 0 radical (unpaired) electrons. The first kappa shape index (κ1) is 10.7. The Morgan fingerprint density at radius 2 is 2.12 bits per heavy atom. The van der Waals surface area contributed by atoms with Crippen LogP contribution >= 0.6 is 0 Å². The number of ether oxygens (including phenoxy) is 4. The molecule has 0 aromatic heterocycles. The van der Waals surface area contributed by atoms with E-state index in [0.717, 1.165) is 35.8 Å². The minimum atomic E-state index is 0.112. The molecule has 2 N–H and O–H groups in total. The highest BCUT2D eigenvalue weighted by molar-refractivity contribution is 5.51. The van der Waals surface area contributed by atoms with Crippen molar-refractivity contribution in [2.45, 2.75) is 19.1 Å². The van der Waals surface area contributed by atoms with E-state index < -0.39 is 0 Å². The van der Waals surface area contributed by atoms with E-state index in [4.69, 9.17) is 24.7 Å². The molecule has 3 rings (SSSR count). The van der Waals surface area contributed by atoms with Crippen molar-refractivity contribution in [1.29, 1.82) is 0 Å². The highest BCUT2D eigenvalue weighted by atomic mass is 16.7. The van der Waals surface area contributed by atoms with Crippen LogP contribution in [-0.2, 0) is 11.3 Å². The average Bonchev–Trinajstić information content (AvgIpc) is 2.98. The van der Waals surface area contributed by atoms with Crippen LogP contribution in [-0.4, -0.2) is 26.1 Å². The molecule has 0 spiro atoms. The van der Waals surface area contributed by atoms with Crippen molar-refractivity contribution < 1.29 is 18.9 Å². The summed E-state index contributed by atoms with van der Waals surface area (Å²) in [5.41, 5.74) is 6.64. The van der Waals surface area contributed by atoms with Crippen LogP contribution in [0.3, 0.4) is 0 Å². The number of hydrogen-bond acceptors (Lipinski definition) is 5. The van der Waals surface area contributed by atoms with E-state index in [1.54, 1.807) is 0 Å². The van der Waals surface area contributed by atoms with E-state index in [2.05, 4.69) is 0 Å². The lowest BCUT2D eigenvalue weighted by Crippen LogP contribution is -2.17. The smallest absolute Gasteiger partial charge is 0.231 e. The predicted octanol–water partition coefficient (Wildman–Crippen LogP) is 1.04. The maximum atomic E-state index is 5.88. The van der Waals surface area contributed by atoms with E-state index in [0.29, 0.717) is 13.2 Å². The van der Waals surface area contributed by atoms with Crippen LogP contribution in [0.1, 0.15) is 12.0 Å². The summed E-state index contributed by atoms with van der Waals surface area (Å²) in [7, 11) is 0. The molecule has 2 aliphatic heterocycles. The molecule has 92 valence electrons. The lowest BCUT2D eigenvalue weighted by Gasteiger charge is -2.15. The third-order valence-corrected chi connectivity index (χ3v) is 2.96. The zero-order valence-corrected chi connectivity index (χ0v) is 9.48. The van der Waals surface area contributed by atoms with Gasteiger partial charge in [-0.3, -0.25) is 0 Å². The van der Waals surface area contributed by atoms with Crippen LogP contribution in [0.5, 0.6) is 17.2 Å². The van der Waals surface area contributed by atoms with Crippen LogP contribution in [0, 0.1) is 0 Å². The lowest BCUT2D eigenvalue weighted by molar-refractivity contribution is 0.140. The van der Waals surface area contributed by atoms with Gasteiger partial charge >= 0.3 is 0 Å². The van der Waals surface area contributed by atoms with Gasteiger partial charge in [-0.15, -0.1) is 0 Å². The van der Waals surface area contributed by atoms with Crippen LogP contribution < -0.4 is 19.9 Å². The van der Waals surface area contributed by atoms with Crippen molar-refractivity contribution >= 4 is 0 Å². The van der Waals surface area contributed by atoms with Crippen molar-refractivity contribution in [1.82, 2.24) is 0 Å². The number of benzene rings is 1. The van der Waals surface area contributed by atoms with Gasteiger partial charge in [0.25, 0.3) is 0 Å². The summed E-state index contributed by atoms with van der Waals surface area (Å²) in [4.78, 5) is 0. The summed E-state index contributed by atoms with van der Waals surface area (Å²) in [6, 6.07) is 3.73. The standard InChI is InChI=1S/C12H15NO4/c13-5-8-3-11-12(16-7-15-11)4-10(8)17-9-1-2-14-6-9/h3-4,9H,1-2,5-7,13H2. The van der Waals surface area contributed by atoms with E-state index in [1.165, 1.54) is 0 Å². The second kappa shape index (κ2) is 4.43. The number of rotatable bonds is 3. The highest BCUT2D eigenvalue weighted by Gasteiger charge is 2.22. The monoisotopic (exact) mass is 237 g/mol. The van der Waals surface area contributed by atoms with Gasteiger partial charge in [-0.25, -0.2) is 0 Å². The first-order valence-corrected chi connectivity index (χ1v) is 5.74. The molecule has 5 heteroatoms. The molecule has 1 unspecified atom stereocenters. The highest BCUT2D eigenvalue weighted by Crippen LogP contribution is 2.38. The molecule has 5 nitrogen and oxygen atoms in total. The van der Waals surface area contributed by atoms with Crippen molar-refractivity contribution in [2.24, 2.45) is 5.73 Å². The van der Waals surface area contributed by atoms with Crippen LogP contribution in [0.15, 0.2) is 12.1 Å². The molecule has 1 atom stereocenters. The van der Waals surface area contributed by atoms with Gasteiger partial charge in [0.15, 0.2) is 11.5 Å². The minimum Gasteiger partial charge on any atom is -0.487 e. The molecule has 0 saturated carbocycles. The molecular weight excluding hydrogens is 222 g/mol. The van der Waals surface area contributed by atoms with E-state index in [1.807, 2.05) is 12.1 Å². The van der Waals surface area contributed by atoms with Gasteiger partial charge in [0.2, 0.25) is 6.79 Å². The molecule has 2 aliphatic rings. The molecule has 0 bridgehead atoms. The fraction of sp³-hybridized carbons (Fsp3) is 0.500. The summed E-state index contributed by atoms with van der Waals surface area (Å²) in [5.74, 6) is 2.23. The summed E-state index contributed by atoms with van der Waals surface area (Å²) in [5, 5.41) is 0. The van der Waals surface area contributed by atoms with Gasteiger partial charge in [0, 0.05) is 24.6 Å². The predicted molar refractivity (Wildman–Crippen MR) is 60.3 cm³/mol. The fourth-order valence-electron chi connectivity index (χ4n) is 2.02. The molecule has 0 amide bonds. The minimum absolute atomic E-state index is 0.112. The first-order valence-electron chi connectivity index (χ1n) is 5.74. The van der Waals surface area contributed by atoms with E-state index >= 15 is 0 Å². The van der Waals surface area contributed by atoms with Crippen molar-refractivity contribution in [3.8, 4) is 17.2 Å². The van der Waals surface area contributed by atoms with Crippen LogP contribution in [0.2, 0.25) is 0 Å². The fourth-order valence-corrected chi connectivity index (χ4v) is 2.02. The lowest BCUT2D eigenvalue weighted by atomic mass is 10.1. The zero-order chi connectivity index (χ0) is 11.7. The van der Waals surface area contributed by atoms with Gasteiger partial charge in [-0.05, 0) is 6.07 Å². The van der Waals surface area contributed by atoms with Crippen molar-refractivity contribution in [2.75, 3.05) is 20.0 Å². The zero-order valence-electron chi connectivity index (χ0n) is 9.48. The van der Waals surface area contributed by atoms with E-state index in [9.17, 15) is 0 Å². The molecule has 1 fully saturated rings. The normalized spacial score (nSPS) is 21.8. The molecule has 1 saturated heterocycles. The van der Waals surface area contributed by atoms with Gasteiger partial charge in [-0.2, -0.15) is 0 Å². The quantitative estimate of drug-likeness (QED) is 0.851. The van der Waals surface area contributed by atoms with Crippen molar-refractivity contribution in [3.63, 3.8) is 0 Å². The Bertz CT molecular complexity index is 415. The average molecular weight is 237 g/mol. The number of nitrogens with two attached hydrogens (primary N) is 1. The third-order valence-electron chi connectivity index (χ3n) is 2.96. The Hall–Kier alpha value is -1.46. The molecule has 1 aromatic rings. The summed E-state index contributed by atoms with van der Waals surface area (Å²) in [6.07, 6.45) is 1.03. The second-order valence-electron chi connectivity index (χ2n) is 4.12. The molecular formula is C12H15NO4. The maximum Gasteiger partial charge on any atom is 0.231 e. The van der Waals surface area contributed by atoms with Gasteiger partial charge in [-0.1, -0.05) is 0 Å². The maximum absolute atomic E-state index is 5.88. The SMILES string of the molecule is NCc1cc2c(cc1OC1CCOC1)OCO2. The second-order valence-corrected chi connectivity index (χ2v) is 4.12. The Morgan fingerprint density at radius 3 is 2.82 bits per heavy atom. The number of fused-ring (bicyclic) bond motifs is 1. The topological polar surface area (TPSA) is 62.9 Å². The Morgan fingerprint density at radius 1 is 1.29 bits per heavy atom. The van der Waals surface area contributed by atoms with Crippen LogP contribution in [0.4, 0.5) is 0 Å². The van der Waals surface area contributed by atoms with Gasteiger partial charge < -0.3 is 24.7 Å². The summed E-state index contributed by atoms with van der Waals surface area (Å²) in [6.45, 7) is 2.07. The Balaban J connectivity index is 1.86. The summed E-state index contributed by atoms with van der Waals surface area (Å²) < 4.78 is 21.8. The third kappa shape index (κ3) is 2.03. The molecule has 0 aliphatic carbocycles. The molecule has 17 heavy (non-hydrogen) atoms. The van der Waals surface area contributed by atoms with Gasteiger partial charge in [0.05, 0.1) is 13.2 Å². The summed E-state index contributed by atoms with van der Waals surface area (Å²) >= 11 is 0. The van der Waals surface area contributed by atoms with Gasteiger partial charge in [0.1, 0.15) is 11.9 Å². The molecule has 2 heterocycles. The number of hydrogen-bond donors (Lipinski definition) is 1. The first-order chi connectivity index (χ1) is 8.36. The van der Waals surface area contributed by atoms with Crippen LogP contribution in [0.25, 0.3) is 0 Å². The Kier molecular flexibility index (Phi) is 2.78. The Labute approximate surface area is 99.4 Å². The van der Waals surface area contributed by atoms with E-state index in [-0.39, 0.29) is 12.9 Å².